The summed E-state index contributed by atoms with van der Waals surface area (Å²) in [6.07, 6.45) is 4.66. The number of nitrogens with zero attached hydrogens (tertiary/aromatic N) is 3. The number of hydrogen-bond donors (Lipinski definition) is 0. The van der Waals surface area contributed by atoms with Crippen LogP contribution in [0.15, 0.2) is 40.8 Å². The second-order valence-electron chi connectivity index (χ2n) is 8.30. The predicted octanol–water partition coefficient (Wildman–Crippen LogP) is 3.82. The Morgan fingerprint density at radius 3 is 2.61 bits per heavy atom. The molecule has 0 unspecified atom stereocenters. The molecule has 0 saturated heterocycles. The van der Waals surface area contributed by atoms with E-state index in [1.165, 1.54) is 53.5 Å². The molecule has 0 atom stereocenters. The van der Waals surface area contributed by atoms with Crippen LogP contribution in [0.3, 0.4) is 0 Å². The Bertz CT molecular complexity index is 1290. The zero-order valence-corrected chi connectivity index (χ0v) is 16.5. The third-order valence-corrected chi connectivity index (χ3v) is 6.34. The highest BCUT2D eigenvalue weighted by atomic mass is 16.3. The maximum atomic E-state index is 6.60. The number of rotatable bonds is 0. The van der Waals surface area contributed by atoms with Gasteiger partial charge in [0, 0.05) is 29.7 Å². The van der Waals surface area contributed by atoms with Crippen molar-refractivity contribution in [1.29, 1.82) is 0 Å². The van der Waals surface area contributed by atoms with Crippen LogP contribution in [-0.4, -0.2) is 32.2 Å². The summed E-state index contributed by atoms with van der Waals surface area (Å²) in [6, 6.07) is 12.9. The van der Waals surface area contributed by atoms with Crippen molar-refractivity contribution in [3.63, 3.8) is 0 Å². The smallest absolute Gasteiger partial charge is 0.211 e. The third-order valence-electron chi connectivity index (χ3n) is 6.34. The second kappa shape index (κ2) is 5.81. The van der Waals surface area contributed by atoms with E-state index in [0.717, 1.165) is 40.8 Å². The van der Waals surface area contributed by atoms with Gasteiger partial charge in [0.1, 0.15) is 25.3 Å². The standard InChI is InChI=1S/C24H24N3O/c1-26(2)20-14-21-22(17-9-4-3-8-16(17)20)25-19-13-15-7-5-11-27-12-6-10-18(23(15)27)24(19)28-21/h3-4,8-9,13-14H,5-7,10-12H2,1-2H3/q+1. The Kier molecular flexibility index (Phi) is 3.34. The minimum Gasteiger partial charge on any atom is -0.452 e. The Labute approximate surface area is 164 Å². The first-order valence-corrected chi connectivity index (χ1v) is 10.3. The zero-order valence-electron chi connectivity index (χ0n) is 16.5. The maximum absolute atomic E-state index is 6.60. The lowest BCUT2D eigenvalue weighted by Gasteiger charge is -2.37. The minimum atomic E-state index is 0.874. The maximum Gasteiger partial charge on any atom is 0.211 e. The molecule has 2 aromatic rings. The van der Waals surface area contributed by atoms with Crippen LogP contribution in [0.1, 0.15) is 24.0 Å². The van der Waals surface area contributed by atoms with E-state index in [2.05, 4.69) is 60.0 Å². The highest BCUT2D eigenvalue weighted by Gasteiger charge is 2.28. The van der Waals surface area contributed by atoms with E-state index in [-0.39, 0.29) is 0 Å². The normalized spacial score (nSPS) is 16.0. The van der Waals surface area contributed by atoms with Crippen molar-refractivity contribution in [1.82, 2.24) is 9.56 Å². The first-order chi connectivity index (χ1) is 13.7. The molecule has 2 aromatic carbocycles. The molecule has 0 bridgehead atoms. The van der Waals surface area contributed by atoms with E-state index >= 15 is 0 Å². The van der Waals surface area contributed by atoms with Crippen LogP contribution >= 0.6 is 0 Å². The molecule has 0 amide bonds. The summed E-state index contributed by atoms with van der Waals surface area (Å²) in [7, 11) is 4.17. The van der Waals surface area contributed by atoms with E-state index < -0.39 is 0 Å². The fraction of sp³-hybridized carbons (Fsp3) is 0.333. The molecule has 140 valence electrons. The summed E-state index contributed by atoms with van der Waals surface area (Å²) < 4.78 is 8.75. The molecule has 0 saturated carbocycles. The first-order valence-electron chi connectivity index (χ1n) is 10.3. The number of benzene rings is 3. The van der Waals surface area contributed by atoms with Crippen LogP contribution in [0.4, 0.5) is 5.69 Å². The molecule has 0 N–H and O–H groups in total. The van der Waals surface area contributed by atoms with Gasteiger partial charge in [-0.2, -0.15) is 0 Å². The van der Waals surface area contributed by atoms with Gasteiger partial charge in [-0.3, -0.25) is 0 Å². The lowest BCUT2D eigenvalue weighted by molar-refractivity contribution is 0.589. The third kappa shape index (κ3) is 2.17. The van der Waals surface area contributed by atoms with E-state index in [0.29, 0.717) is 0 Å². The number of fused-ring (bicyclic) bond motifs is 5. The van der Waals surface area contributed by atoms with Crippen LogP contribution in [0, 0.1) is 0 Å². The molecule has 1 aliphatic carbocycles. The minimum absolute atomic E-state index is 0.874. The molecule has 6 rings (SSSR count). The van der Waals surface area contributed by atoms with Gasteiger partial charge in [-0.15, -0.1) is 0 Å². The molecule has 0 spiro atoms. The molecule has 4 aliphatic rings. The SMILES string of the molecule is C[N+](C)=c1cc2oc3c4c5c(cc3nc-2c2ccccc12)CCCN5CCC4. The molecule has 3 heterocycles. The zero-order chi connectivity index (χ0) is 18.8. The summed E-state index contributed by atoms with van der Waals surface area (Å²) in [4.78, 5) is 7.70. The van der Waals surface area contributed by atoms with Gasteiger partial charge in [-0.25, -0.2) is 9.56 Å². The quantitative estimate of drug-likeness (QED) is 0.268. The molecular weight excluding hydrogens is 346 g/mol. The molecule has 0 radical (unpaired) electrons. The van der Waals surface area contributed by atoms with E-state index in [1.54, 1.807) is 0 Å². The highest BCUT2D eigenvalue weighted by Crippen LogP contribution is 2.41. The van der Waals surface area contributed by atoms with Crippen LogP contribution in [0.2, 0.25) is 0 Å². The van der Waals surface area contributed by atoms with Gasteiger partial charge in [0.15, 0.2) is 11.3 Å². The average Bonchev–Trinajstić information content (AvgIpc) is 2.72. The molecule has 3 aliphatic heterocycles. The fourth-order valence-corrected chi connectivity index (χ4v) is 5.12. The summed E-state index contributed by atoms with van der Waals surface area (Å²) in [6.45, 7) is 2.34. The van der Waals surface area contributed by atoms with E-state index in [4.69, 9.17) is 9.40 Å². The van der Waals surface area contributed by atoms with Crippen molar-refractivity contribution in [3.05, 3.63) is 52.9 Å². The number of hydrogen-bond acceptors (Lipinski definition) is 3. The van der Waals surface area contributed by atoms with Gasteiger partial charge in [-0.1, -0.05) is 18.2 Å². The summed E-state index contributed by atoms with van der Waals surface area (Å²) in [5, 5.41) is 3.54. The van der Waals surface area contributed by atoms with Crippen molar-refractivity contribution < 1.29 is 4.42 Å². The molecule has 4 heteroatoms. The topological polar surface area (TPSA) is 32.3 Å². The van der Waals surface area contributed by atoms with E-state index in [9.17, 15) is 0 Å². The average molecular weight is 370 g/mol. The molecule has 4 nitrogen and oxygen atoms in total. The van der Waals surface area contributed by atoms with Crippen LogP contribution in [0.25, 0.3) is 33.3 Å². The van der Waals surface area contributed by atoms with Crippen molar-refractivity contribution >= 4 is 27.6 Å². The van der Waals surface area contributed by atoms with Crippen molar-refractivity contribution in [2.24, 2.45) is 0 Å². The van der Waals surface area contributed by atoms with Gasteiger partial charge >= 0.3 is 0 Å². The Balaban J connectivity index is 1.78. The van der Waals surface area contributed by atoms with Gasteiger partial charge < -0.3 is 9.32 Å². The fourth-order valence-electron chi connectivity index (χ4n) is 5.12. The van der Waals surface area contributed by atoms with Crippen LogP contribution < -0.4 is 14.8 Å². The number of anilines is 1. The van der Waals surface area contributed by atoms with Crippen LogP contribution in [0.5, 0.6) is 0 Å². The Morgan fingerprint density at radius 1 is 1.00 bits per heavy atom. The first kappa shape index (κ1) is 16.1. The largest absolute Gasteiger partial charge is 0.452 e. The molecular formula is C24H24N3O+. The van der Waals surface area contributed by atoms with Gasteiger partial charge in [0.05, 0.1) is 11.5 Å². The van der Waals surface area contributed by atoms with Crippen molar-refractivity contribution in [3.8, 4) is 11.5 Å². The number of aromatic nitrogens is 1. The van der Waals surface area contributed by atoms with Gasteiger partial charge in [0.2, 0.25) is 5.36 Å². The summed E-state index contributed by atoms with van der Waals surface area (Å²) in [5.74, 6) is 0.874. The number of aryl methyl sites for hydroxylation is 2. The lowest BCUT2D eigenvalue weighted by Crippen LogP contribution is -2.34. The van der Waals surface area contributed by atoms with Crippen LogP contribution in [-0.2, 0) is 12.8 Å². The summed E-state index contributed by atoms with van der Waals surface area (Å²) in [5.41, 5.74) is 7.20. The van der Waals surface area contributed by atoms with Gasteiger partial charge in [0.25, 0.3) is 0 Å². The highest BCUT2D eigenvalue weighted by molar-refractivity contribution is 5.97. The predicted molar refractivity (Wildman–Crippen MR) is 114 cm³/mol. The van der Waals surface area contributed by atoms with E-state index in [1.807, 2.05) is 0 Å². The summed E-state index contributed by atoms with van der Waals surface area (Å²) >= 11 is 0. The molecule has 0 fully saturated rings. The Hall–Kier alpha value is -2.88. The van der Waals surface area contributed by atoms with Crippen molar-refractivity contribution in [2.75, 3.05) is 32.1 Å². The molecule has 28 heavy (non-hydrogen) atoms. The van der Waals surface area contributed by atoms with Gasteiger partial charge in [-0.05, 0) is 43.4 Å². The lowest BCUT2D eigenvalue weighted by atomic mass is 9.91. The second-order valence-corrected chi connectivity index (χ2v) is 8.30. The Morgan fingerprint density at radius 2 is 1.79 bits per heavy atom. The molecule has 0 aromatic heterocycles. The van der Waals surface area contributed by atoms with Crippen molar-refractivity contribution in [2.45, 2.75) is 25.7 Å². The monoisotopic (exact) mass is 370 g/mol.